The molecule has 0 atom stereocenters. The maximum absolute atomic E-state index is 12.5. The summed E-state index contributed by atoms with van der Waals surface area (Å²) in [6, 6.07) is 1.93. The van der Waals surface area contributed by atoms with Crippen molar-refractivity contribution in [2.45, 2.75) is 44.3 Å². The van der Waals surface area contributed by atoms with Gasteiger partial charge in [0.2, 0.25) is 0 Å². The summed E-state index contributed by atoms with van der Waals surface area (Å²) in [5.74, 6) is 0.659. The topological polar surface area (TPSA) is 37.8 Å². The summed E-state index contributed by atoms with van der Waals surface area (Å²) in [5.41, 5.74) is 0. The van der Waals surface area contributed by atoms with Gasteiger partial charge in [0, 0.05) is 10.9 Å². The zero-order valence-electron chi connectivity index (χ0n) is 10.7. The van der Waals surface area contributed by atoms with E-state index < -0.39 is 12.6 Å². The van der Waals surface area contributed by atoms with Gasteiger partial charge in [0.1, 0.15) is 17.0 Å². The second kappa shape index (κ2) is 5.20. The van der Waals surface area contributed by atoms with Crippen LogP contribution in [0.3, 0.4) is 0 Å². The van der Waals surface area contributed by atoms with Gasteiger partial charge in [-0.2, -0.15) is 13.2 Å². The molecule has 0 unspecified atom stereocenters. The number of anilines is 1. The molecule has 3 rings (SSSR count). The highest BCUT2D eigenvalue weighted by Gasteiger charge is 2.29. The van der Waals surface area contributed by atoms with E-state index in [4.69, 9.17) is 0 Å². The van der Waals surface area contributed by atoms with Crippen molar-refractivity contribution in [3.05, 3.63) is 17.3 Å². The SMILES string of the molecule is FC(F)(F)Cc1cc2c(NC3CCCC3)ncnc2s1. The highest BCUT2D eigenvalue weighted by atomic mass is 32.1. The van der Waals surface area contributed by atoms with E-state index in [9.17, 15) is 13.2 Å². The number of halogens is 3. The number of nitrogens with one attached hydrogen (secondary N) is 1. The van der Waals surface area contributed by atoms with Crippen LogP contribution in [0.4, 0.5) is 19.0 Å². The van der Waals surface area contributed by atoms with Gasteiger partial charge in [0.05, 0.1) is 11.8 Å². The number of hydrogen-bond donors (Lipinski definition) is 1. The Hall–Kier alpha value is -1.37. The van der Waals surface area contributed by atoms with Crippen molar-refractivity contribution in [3.63, 3.8) is 0 Å². The van der Waals surface area contributed by atoms with Crippen LogP contribution in [0.1, 0.15) is 30.6 Å². The summed E-state index contributed by atoms with van der Waals surface area (Å²) in [4.78, 5) is 9.14. The van der Waals surface area contributed by atoms with Gasteiger partial charge >= 0.3 is 6.18 Å². The molecule has 0 saturated heterocycles. The van der Waals surface area contributed by atoms with E-state index in [1.807, 2.05) is 0 Å². The first-order chi connectivity index (χ1) is 9.51. The van der Waals surface area contributed by atoms with Gasteiger partial charge in [-0.05, 0) is 18.9 Å². The summed E-state index contributed by atoms with van der Waals surface area (Å²) in [5, 5.41) is 4.03. The minimum atomic E-state index is -4.19. The zero-order valence-corrected chi connectivity index (χ0v) is 11.5. The Morgan fingerprint density at radius 2 is 2.00 bits per heavy atom. The summed E-state index contributed by atoms with van der Waals surface area (Å²) in [7, 11) is 0. The van der Waals surface area contributed by atoms with Crippen LogP contribution < -0.4 is 5.32 Å². The molecule has 1 aliphatic rings. The van der Waals surface area contributed by atoms with Crippen LogP contribution in [0.25, 0.3) is 10.2 Å². The third-order valence-corrected chi connectivity index (χ3v) is 4.49. The fourth-order valence-electron chi connectivity index (χ4n) is 2.57. The Kier molecular flexibility index (Phi) is 3.54. The molecule has 0 spiro atoms. The van der Waals surface area contributed by atoms with E-state index in [1.165, 1.54) is 19.2 Å². The summed E-state index contributed by atoms with van der Waals surface area (Å²) >= 11 is 1.09. The zero-order chi connectivity index (χ0) is 14.2. The average molecular weight is 301 g/mol. The number of fused-ring (bicyclic) bond motifs is 1. The summed E-state index contributed by atoms with van der Waals surface area (Å²) < 4.78 is 37.4. The fraction of sp³-hybridized carbons (Fsp3) is 0.538. The number of thiophene rings is 1. The molecule has 2 heterocycles. The molecule has 0 aliphatic heterocycles. The van der Waals surface area contributed by atoms with Gasteiger partial charge in [0.15, 0.2) is 0 Å². The van der Waals surface area contributed by atoms with Crippen molar-refractivity contribution in [1.29, 1.82) is 0 Å². The Morgan fingerprint density at radius 1 is 1.25 bits per heavy atom. The number of rotatable bonds is 3. The molecule has 0 aromatic carbocycles. The molecule has 0 amide bonds. The van der Waals surface area contributed by atoms with E-state index >= 15 is 0 Å². The Balaban J connectivity index is 1.88. The molecule has 108 valence electrons. The van der Waals surface area contributed by atoms with Gasteiger partial charge in [-0.3, -0.25) is 0 Å². The van der Waals surface area contributed by atoms with E-state index in [0.29, 0.717) is 22.1 Å². The Labute approximate surface area is 118 Å². The molecular weight excluding hydrogens is 287 g/mol. The van der Waals surface area contributed by atoms with Crippen molar-refractivity contribution in [2.24, 2.45) is 0 Å². The smallest absolute Gasteiger partial charge is 0.367 e. The highest BCUT2D eigenvalue weighted by molar-refractivity contribution is 7.18. The Bertz CT molecular complexity index is 602. The van der Waals surface area contributed by atoms with Gasteiger partial charge in [-0.1, -0.05) is 12.8 Å². The lowest BCUT2D eigenvalue weighted by molar-refractivity contribution is -0.126. The lowest BCUT2D eigenvalue weighted by atomic mass is 10.2. The van der Waals surface area contributed by atoms with Gasteiger partial charge in [-0.15, -0.1) is 11.3 Å². The monoisotopic (exact) mass is 301 g/mol. The van der Waals surface area contributed by atoms with E-state index in [2.05, 4.69) is 15.3 Å². The van der Waals surface area contributed by atoms with Crippen molar-refractivity contribution >= 4 is 27.4 Å². The van der Waals surface area contributed by atoms with Crippen molar-refractivity contribution in [3.8, 4) is 0 Å². The Morgan fingerprint density at radius 3 is 2.70 bits per heavy atom. The lowest BCUT2D eigenvalue weighted by Crippen LogP contribution is -2.15. The maximum Gasteiger partial charge on any atom is 0.393 e. The first-order valence-corrected chi connectivity index (χ1v) is 7.39. The van der Waals surface area contributed by atoms with Gasteiger partial charge < -0.3 is 5.32 Å². The van der Waals surface area contributed by atoms with Gasteiger partial charge in [0.25, 0.3) is 0 Å². The van der Waals surface area contributed by atoms with Crippen LogP contribution in [0.2, 0.25) is 0 Å². The highest BCUT2D eigenvalue weighted by Crippen LogP contribution is 2.33. The minimum absolute atomic E-state index is 0.280. The fourth-order valence-corrected chi connectivity index (χ4v) is 3.60. The maximum atomic E-state index is 12.5. The standard InChI is InChI=1S/C13H14F3N3S/c14-13(15,16)6-9-5-10-11(17-7-18-12(10)20-9)19-8-3-1-2-4-8/h5,7-8H,1-4,6H2,(H,17,18,19). The van der Waals surface area contributed by atoms with Crippen LogP contribution in [-0.4, -0.2) is 22.2 Å². The van der Waals surface area contributed by atoms with Crippen LogP contribution in [0.15, 0.2) is 12.4 Å². The lowest BCUT2D eigenvalue weighted by Gasteiger charge is -2.12. The molecule has 0 radical (unpaired) electrons. The molecule has 1 N–H and O–H groups in total. The van der Waals surface area contributed by atoms with Crippen LogP contribution in [0.5, 0.6) is 0 Å². The summed E-state index contributed by atoms with van der Waals surface area (Å²) in [6.07, 6.45) is 0.873. The van der Waals surface area contributed by atoms with Crippen molar-refractivity contribution < 1.29 is 13.2 Å². The van der Waals surface area contributed by atoms with E-state index in [0.717, 1.165) is 24.2 Å². The molecule has 1 saturated carbocycles. The molecule has 2 aromatic heterocycles. The molecule has 1 aliphatic carbocycles. The average Bonchev–Trinajstić information content (AvgIpc) is 2.96. The van der Waals surface area contributed by atoms with Crippen molar-refractivity contribution in [2.75, 3.05) is 5.32 Å². The molecule has 7 heteroatoms. The quantitative estimate of drug-likeness (QED) is 0.925. The third kappa shape index (κ3) is 3.03. The molecule has 20 heavy (non-hydrogen) atoms. The molecule has 3 nitrogen and oxygen atoms in total. The number of nitrogens with zero attached hydrogens (tertiary/aromatic N) is 2. The largest absolute Gasteiger partial charge is 0.393 e. The number of alkyl halides is 3. The molecular formula is C13H14F3N3S. The third-order valence-electron chi connectivity index (χ3n) is 3.45. The molecule has 0 bridgehead atoms. The molecule has 2 aromatic rings. The second-order valence-corrected chi connectivity index (χ2v) is 6.19. The van der Waals surface area contributed by atoms with Crippen molar-refractivity contribution in [1.82, 2.24) is 9.97 Å². The molecule has 1 fully saturated rings. The number of aromatic nitrogens is 2. The van der Waals surface area contributed by atoms with E-state index in [1.54, 1.807) is 6.07 Å². The van der Waals surface area contributed by atoms with Gasteiger partial charge in [-0.25, -0.2) is 9.97 Å². The predicted octanol–water partition coefficient (Wildman–Crippen LogP) is 4.15. The minimum Gasteiger partial charge on any atom is -0.367 e. The normalized spacial score (nSPS) is 16.9. The number of hydrogen-bond acceptors (Lipinski definition) is 4. The first kappa shape index (κ1) is 13.6. The van der Waals surface area contributed by atoms with Crippen LogP contribution >= 0.6 is 11.3 Å². The van der Waals surface area contributed by atoms with Crippen LogP contribution in [0, 0.1) is 0 Å². The van der Waals surface area contributed by atoms with E-state index in [-0.39, 0.29) is 4.88 Å². The summed E-state index contributed by atoms with van der Waals surface area (Å²) in [6.45, 7) is 0. The van der Waals surface area contributed by atoms with Crippen LogP contribution in [-0.2, 0) is 6.42 Å². The predicted molar refractivity (Wildman–Crippen MR) is 73.1 cm³/mol. The first-order valence-electron chi connectivity index (χ1n) is 6.58. The second-order valence-electron chi connectivity index (χ2n) is 5.07.